The first kappa shape index (κ1) is 14.8. The van der Waals surface area contributed by atoms with E-state index in [1.54, 1.807) is 0 Å². The highest BCUT2D eigenvalue weighted by Crippen LogP contribution is 2.23. The molecule has 0 bridgehead atoms. The second-order valence-corrected chi connectivity index (χ2v) is 6.15. The highest BCUT2D eigenvalue weighted by molar-refractivity contribution is 9.10. The number of pyridine rings is 1. The quantitative estimate of drug-likeness (QED) is 0.918. The Morgan fingerprint density at radius 3 is 2.95 bits per heavy atom. The minimum Gasteiger partial charge on any atom is -0.354 e. The zero-order chi connectivity index (χ0) is 13.7. The second-order valence-electron chi connectivity index (χ2n) is 5.29. The van der Waals surface area contributed by atoms with Crippen molar-refractivity contribution in [1.29, 1.82) is 0 Å². The van der Waals surface area contributed by atoms with E-state index >= 15 is 0 Å². The molecule has 2 rings (SSSR count). The largest absolute Gasteiger partial charge is 0.354 e. The monoisotopic (exact) mass is 326 g/mol. The fraction of sp³-hybridized carbons (Fsp3) is 0.643. The molecule has 0 saturated carbocycles. The fourth-order valence-electron chi connectivity index (χ4n) is 2.49. The summed E-state index contributed by atoms with van der Waals surface area (Å²) in [7, 11) is 0. The lowest BCUT2D eigenvalue weighted by atomic mass is 10.1. The number of anilines is 1. The third kappa shape index (κ3) is 4.16. The van der Waals surface area contributed by atoms with Crippen LogP contribution in [0, 0.1) is 5.92 Å². The minimum atomic E-state index is 0.577. The van der Waals surface area contributed by atoms with Crippen molar-refractivity contribution in [3.05, 3.63) is 22.8 Å². The molecular weight excluding hydrogens is 304 g/mol. The van der Waals surface area contributed by atoms with Gasteiger partial charge in [-0.25, -0.2) is 4.98 Å². The molecule has 2 heterocycles. The van der Waals surface area contributed by atoms with Gasteiger partial charge in [0.1, 0.15) is 5.82 Å². The summed E-state index contributed by atoms with van der Waals surface area (Å²) in [6.45, 7) is 8.45. The first-order valence-corrected chi connectivity index (χ1v) is 7.78. The number of nitrogens with two attached hydrogens (primary N) is 1. The van der Waals surface area contributed by atoms with E-state index in [9.17, 15) is 0 Å². The predicted octanol–water partition coefficient (Wildman–Crippen LogP) is 1.95. The Morgan fingerprint density at radius 2 is 2.21 bits per heavy atom. The molecule has 0 radical (unpaired) electrons. The summed E-state index contributed by atoms with van der Waals surface area (Å²) in [6.07, 6.45) is 3.04. The third-order valence-electron chi connectivity index (χ3n) is 3.60. The predicted molar refractivity (Wildman–Crippen MR) is 83.4 cm³/mol. The molecule has 1 fully saturated rings. The Hall–Kier alpha value is -0.650. The van der Waals surface area contributed by atoms with Gasteiger partial charge >= 0.3 is 0 Å². The van der Waals surface area contributed by atoms with E-state index in [4.69, 9.17) is 5.73 Å². The van der Waals surface area contributed by atoms with Crippen molar-refractivity contribution in [2.45, 2.75) is 13.3 Å². The molecule has 1 aliphatic rings. The minimum absolute atomic E-state index is 0.577. The van der Waals surface area contributed by atoms with Gasteiger partial charge in [0.05, 0.1) is 4.47 Å². The van der Waals surface area contributed by atoms with E-state index < -0.39 is 0 Å². The SMILES string of the molecule is CC(CN)CN1CCCN(c2ncccc2Br)CC1. The number of nitrogens with zero attached hydrogens (tertiary/aromatic N) is 3. The molecule has 1 aliphatic heterocycles. The van der Waals surface area contributed by atoms with Gasteiger partial charge in [0.25, 0.3) is 0 Å². The Balaban J connectivity index is 1.95. The van der Waals surface area contributed by atoms with Crippen molar-refractivity contribution in [1.82, 2.24) is 9.88 Å². The summed E-state index contributed by atoms with van der Waals surface area (Å²) in [5.41, 5.74) is 5.71. The smallest absolute Gasteiger partial charge is 0.142 e. The van der Waals surface area contributed by atoms with Crippen molar-refractivity contribution in [2.75, 3.05) is 44.2 Å². The summed E-state index contributed by atoms with van der Waals surface area (Å²) in [5.74, 6) is 1.64. The number of hydrogen-bond acceptors (Lipinski definition) is 4. The second kappa shape index (κ2) is 7.22. The van der Waals surface area contributed by atoms with Gasteiger partial charge in [0.15, 0.2) is 0 Å². The maximum Gasteiger partial charge on any atom is 0.142 e. The van der Waals surface area contributed by atoms with E-state index in [1.807, 2.05) is 12.3 Å². The van der Waals surface area contributed by atoms with E-state index in [1.165, 1.54) is 6.42 Å². The summed E-state index contributed by atoms with van der Waals surface area (Å²) in [4.78, 5) is 9.38. The van der Waals surface area contributed by atoms with Gasteiger partial charge in [0.2, 0.25) is 0 Å². The highest BCUT2D eigenvalue weighted by atomic mass is 79.9. The number of hydrogen-bond donors (Lipinski definition) is 1. The van der Waals surface area contributed by atoms with Crippen molar-refractivity contribution in [3.63, 3.8) is 0 Å². The molecule has 19 heavy (non-hydrogen) atoms. The van der Waals surface area contributed by atoms with Crippen molar-refractivity contribution in [2.24, 2.45) is 11.7 Å². The molecular formula is C14H23BrN4. The van der Waals surface area contributed by atoms with Gasteiger partial charge in [-0.3, -0.25) is 0 Å². The molecule has 0 aliphatic carbocycles. The molecule has 5 heteroatoms. The molecule has 1 atom stereocenters. The molecule has 0 spiro atoms. The lowest BCUT2D eigenvalue weighted by Crippen LogP contribution is -2.35. The van der Waals surface area contributed by atoms with Crippen LogP contribution in [-0.2, 0) is 0 Å². The van der Waals surface area contributed by atoms with Crippen LogP contribution < -0.4 is 10.6 Å². The Morgan fingerprint density at radius 1 is 1.37 bits per heavy atom. The van der Waals surface area contributed by atoms with Gasteiger partial charge in [-0.1, -0.05) is 6.92 Å². The highest BCUT2D eigenvalue weighted by Gasteiger charge is 2.18. The van der Waals surface area contributed by atoms with Crippen LogP contribution in [0.2, 0.25) is 0 Å². The van der Waals surface area contributed by atoms with Crippen LogP contribution in [-0.4, -0.2) is 49.2 Å². The van der Waals surface area contributed by atoms with E-state index in [-0.39, 0.29) is 0 Å². The maximum absolute atomic E-state index is 5.71. The molecule has 1 saturated heterocycles. The zero-order valence-corrected chi connectivity index (χ0v) is 13.1. The first-order chi connectivity index (χ1) is 9.20. The van der Waals surface area contributed by atoms with Crippen LogP contribution >= 0.6 is 15.9 Å². The molecule has 1 aromatic rings. The average Bonchev–Trinajstić information content (AvgIpc) is 2.65. The van der Waals surface area contributed by atoms with Crippen LogP contribution in [0.3, 0.4) is 0 Å². The van der Waals surface area contributed by atoms with Crippen molar-refractivity contribution < 1.29 is 0 Å². The van der Waals surface area contributed by atoms with Crippen molar-refractivity contribution >= 4 is 21.7 Å². The van der Waals surface area contributed by atoms with Gasteiger partial charge in [-0.2, -0.15) is 0 Å². The maximum atomic E-state index is 5.71. The standard InChI is InChI=1S/C14H23BrN4/c1-12(10-16)11-18-6-3-7-19(9-8-18)14-13(15)4-2-5-17-14/h2,4-5,12H,3,6-11,16H2,1H3. The fourth-order valence-corrected chi connectivity index (χ4v) is 3.00. The van der Waals surface area contributed by atoms with Crippen LogP contribution in [0.15, 0.2) is 22.8 Å². The molecule has 1 unspecified atom stereocenters. The summed E-state index contributed by atoms with van der Waals surface area (Å²) >= 11 is 3.59. The van der Waals surface area contributed by atoms with Crippen LogP contribution in [0.5, 0.6) is 0 Å². The van der Waals surface area contributed by atoms with E-state index in [0.717, 1.165) is 49.6 Å². The Labute approximate surface area is 124 Å². The lowest BCUT2D eigenvalue weighted by molar-refractivity contribution is 0.255. The molecule has 1 aromatic heterocycles. The summed E-state index contributed by atoms with van der Waals surface area (Å²) in [5, 5.41) is 0. The lowest BCUT2D eigenvalue weighted by Gasteiger charge is -2.24. The molecule has 4 nitrogen and oxygen atoms in total. The number of halogens is 1. The molecule has 2 N–H and O–H groups in total. The van der Waals surface area contributed by atoms with Crippen LogP contribution in [0.4, 0.5) is 5.82 Å². The van der Waals surface area contributed by atoms with E-state index in [0.29, 0.717) is 5.92 Å². The first-order valence-electron chi connectivity index (χ1n) is 6.98. The summed E-state index contributed by atoms with van der Waals surface area (Å²) < 4.78 is 1.08. The Kier molecular flexibility index (Phi) is 5.60. The van der Waals surface area contributed by atoms with Gasteiger partial charge in [-0.15, -0.1) is 0 Å². The van der Waals surface area contributed by atoms with Crippen LogP contribution in [0.25, 0.3) is 0 Å². The number of aromatic nitrogens is 1. The van der Waals surface area contributed by atoms with Crippen LogP contribution in [0.1, 0.15) is 13.3 Å². The third-order valence-corrected chi connectivity index (χ3v) is 4.22. The van der Waals surface area contributed by atoms with Gasteiger partial charge < -0.3 is 15.5 Å². The van der Waals surface area contributed by atoms with Gasteiger partial charge in [-0.05, 0) is 53.5 Å². The average molecular weight is 327 g/mol. The molecule has 0 amide bonds. The van der Waals surface area contributed by atoms with E-state index in [2.05, 4.69) is 43.7 Å². The summed E-state index contributed by atoms with van der Waals surface area (Å²) in [6, 6.07) is 4.02. The zero-order valence-electron chi connectivity index (χ0n) is 11.6. The van der Waals surface area contributed by atoms with Gasteiger partial charge in [0, 0.05) is 32.4 Å². The normalized spacial score (nSPS) is 19.2. The van der Waals surface area contributed by atoms with Crippen molar-refractivity contribution in [3.8, 4) is 0 Å². The molecule has 0 aromatic carbocycles. The molecule has 106 valence electrons. The number of rotatable bonds is 4. The Bertz CT molecular complexity index is 399. The topological polar surface area (TPSA) is 45.4 Å².